The van der Waals surface area contributed by atoms with E-state index in [1.165, 1.54) is 28.8 Å². The molecule has 2 heterocycles. The first kappa shape index (κ1) is 18.5. The highest BCUT2D eigenvalue weighted by Gasteiger charge is 2.36. The van der Waals surface area contributed by atoms with Crippen LogP contribution in [0, 0.1) is 5.82 Å². The molecule has 2 aromatic heterocycles. The van der Waals surface area contributed by atoms with E-state index < -0.39 is 42.2 Å². The fourth-order valence-corrected chi connectivity index (χ4v) is 3.52. The van der Waals surface area contributed by atoms with Gasteiger partial charge in [-0.1, -0.05) is 6.07 Å². The number of rotatable bonds is 4. The number of aromatic amines is 1. The Bertz CT molecular complexity index is 1530. The normalized spacial score (nSPS) is 14.4. The Hall–Kier alpha value is -4.02. The topological polar surface area (TPSA) is 92.7 Å². The largest absolute Gasteiger partial charge is 0.433 e. The molecule has 0 bridgehead atoms. The molecule has 0 radical (unpaired) electrons. The molecule has 2 N–H and O–H groups in total. The van der Waals surface area contributed by atoms with Crippen molar-refractivity contribution in [1.82, 2.24) is 25.1 Å². The molecule has 0 aliphatic carbocycles. The fourth-order valence-electron chi connectivity index (χ4n) is 3.52. The molecule has 0 aliphatic heterocycles. The number of benzene rings is 2. The van der Waals surface area contributed by atoms with Crippen molar-refractivity contribution in [2.45, 2.75) is 19.1 Å². The summed E-state index contributed by atoms with van der Waals surface area (Å²) >= 11 is 0. The van der Waals surface area contributed by atoms with Crippen LogP contribution in [0.25, 0.3) is 22.0 Å². The average molecular weight is 462 g/mol. The zero-order valence-corrected chi connectivity index (χ0v) is 16.9. The minimum atomic E-state index is -4.66. The predicted molar refractivity (Wildman–Crippen MR) is 112 cm³/mol. The van der Waals surface area contributed by atoms with Gasteiger partial charge in [0.1, 0.15) is 11.5 Å². The molecule has 11 heteroatoms. The third-order valence-corrected chi connectivity index (χ3v) is 5.21. The summed E-state index contributed by atoms with van der Waals surface area (Å²) in [5.41, 5.74) is -1.57. The van der Waals surface area contributed by atoms with Crippen LogP contribution in [0.3, 0.4) is 0 Å². The predicted octanol–water partition coefficient (Wildman–Crippen LogP) is 3.91. The number of nitrogens with zero attached hydrogens (tertiary/aromatic N) is 3. The van der Waals surface area contributed by atoms with Crippen LogP contribution in [0.2, 0.25) is 0 Å². The van der Waals surface area contributed by atoms with Crippen molar-refractivity contribution in [3.8, 4) is 11.1 Å². The molecule has 4 aromatic rings. The number of amides is 1. The van der Waals surface area contributed by atoms with Gasteiger partial charge in [0.15, 0.2) is 0 Å². The lowest BCUT2D eigenvalue weighted by atomic mass is 10.0. The van der Waals surface area contributed by atoms with Gasteiger partial charge in [-0.25, -0.2) is 9.37 Å². The lowest BCUT2D eigenvalue weighted by Crippen LogP contribution is -2.25. The first-order chi connectivity index (χ1) is 16.7. The SMILES string of the molecule is [2H]C([2H])([2H])NC(=O)c1cc(F)cc([C@@H](C)n2cnc3cc(-c4cn[nH]c4C(F)(F)F)ccc3c2=O)c1. The van der Waals surface area contributed by atoms with Crippen molar-refractivity contribution in [1.29, 1.82) is 0 Å². The molecule has 33 heavy (non-hydrogen) atoms. The van der Waals surface area contributed by atoms with Crippen molar-refractivity contribution in [3.63, 3.8) is 0 Å². The average Bonchev–Trinajstić information content (AvgIpc) is 3.28. The summed E-state index contributed by atoms with van der Waals surface area (Å²) in [7, 11) is 0. The molecule has 0 unspecified atom stereocenters. The Morgan fingerprint density at radius 1 is 1.24 bits per heavy atom. The van der Waals surface area contributed by atoms with Crippen molar-refractivity contribution in [3.05, 3.63) is 81.9 Å². The Balaban J connectivity index is 1.72. The monoisotopic (exact) mass is 462 g/mol. The zero-order valence-electron chi connectivity index (χ0n) is 19.9. The zero-order chi connectivity index (χ0) is 26.4. The highest BCUT2D eigenvalue weighted by molar-refractivity contribution is 5.94. The van der Waals surface area contributed by atoms with Crippen LogP contribution in [0.15, 0.2) is 53.7 Å². The minimum absolute atomic E-state index is 0.0990. The van der Waals surface area contributed by atoms with E-state index in [-0.39, 0.29) is 33.2 Å². The van der Waals surface area contributed by atoms with E-state index in [4.69, 9.17) is 4.11 Å². The van der Waals surface area contributed by atoms with Crippen LogP contribution >= 0.6 is 0 Å². The molecule has 0 saturated carbocycles. The lowest BCUT2D eigenvalue weighted by Gasteiger charge is -2.17. The molecular formula is C22H17F4N5O2. The smallest absolute Gasteiger partial charge is 0.355 e. The van der Waals surface area contributed by atoms with Gasteiger partial charge in [0.25, 0.3) is 11.5 Å². The van der Waals surface area contributed by atoms with Gasteiger partial charge in [0, 0.05) is 22.2 Å². The Kier molecular flexibility index (Phi) is 4.58. The maximum atomic E-state index is 14.2. The van der Waals surface area contributed by atoms with Crippen molar-refractivity contribution >= 4 is 16.8 Å². The standard InChI is InChI=1S/C22H17F4N5O2/c1-11(13-5-14(20(32)27-2)7-15(23)6-13)31-10-28-18-8-12(3-4-16(18)21(31)33)17-9-29-30-19(17)22(24,25)26/h3-11H,1-2H3,(H,27,32)(H,29,30)/t11-/m1/s1/i2D3. The van der Waals surface area contributed by atoms with Crippen molar-refractivity contribution < 1.29 is 26.5 Å². The number of H-pyrrole nitrogens is 1. The second kappa shape index (κ2) is 8.15. The number of nitrogens with one attached hydrogen (secondary N) is 2. The summed E-state index contributed by atoms with van der Waals surface area (Å²) in [5.74, 6) is -1.83. The highest BCUT2D eigenvalue weighted by Crippen LogP contribution is 2.35. The van der Waals surface area contributed by atoms with Crippen molar-refractivity contribution in [2.24, 2.45) is 0 Å². The minimum Gasteiger partial charge on any atom is -0.355 e. The van der Waals surface area contributed by atoms with Crippen LogP contribution in [-0.2, 0) is 6.18 Å². The lowest BCUT2D eigenvalue weighted by molar-refractivity contribution is -0.140. The number of fused-ring (bicyclic) bond motifs is 1. The first-order valence-electron chi connectivity index (χ1n) is 11.0. The van der Waals surface area contributed by atoms with Gasteiger partial charge in [0.2, 0.25) is 0 Å². The van der Waals surface area contributed by atoms with Crippen LogP contribution in [0.4, 0.5) is 17.6 Å². The molecule has 4 rings (SSSR count). The van der Waals surface area contributed by atoms with E-state index in [2.05, 4.69) is 10.1 Å². The van der Waals surface area contributed by atoms with Crippen molar-refractivity contribution in [2.75, 3.05) is 6.98 Å². The van der Waals surface area contributed by atoms with E-state index in [0.29, 0.717) is 0 Å². The molecule has 1 amide bonds. The van der Waals surface area contributed by atoms with Crippen LogP contribution < -0.4 is 10.9 Å². The highest BCUT2D eigenvalue weighted by atomic mass is 19.4. The second-order valence-electron chi connectivity index (χ2n) is 7.25. The summed E-state index contributed by atoms with van der Waals surface area (Å²) in [6.45, 7) is -1.23. The number of carbonyl (C=O) groups excluding carboxylic acids is 1. The van der Waals surface area contributed by atoms with Gasteiger partial charge in [-0.3, -0.25) is 19.3 Å². The first-order valence-corrected chi connectivity index (χ1v) is 9.49. The maximum Gasteiger partial charge on any atom is 0.433 e. The number of hydrogen-bond acceptors (Lipinski definition) is 4. The Morgan fingerprint density at radius 3 is 2.76 bits per heavy atom. The summed E-state index contributed by atoms with van der Waals surface area (Å²) in [4.78, 5) is 29.5. The van der Waals surface area contributed by atoms with Gasteiger partial charge in [0.05, 0.1) is 29.5 Å². The summed E-state index contributed by atoms with van der Waals surface area (Å²) < 4.78 is 76.5. The molecule has 0 fully saturated rings. The molecule has 2 aromatic carbocycles. The molecule has 0 spiro atoms. The molecule has 0 aliphatic rings. The second-order valence-corrected chi connectivity index (χ2v) is 7.25. The summed E-state index contributed by atoms with van der Waals surface area (Å²) in [6, 6.07) is 6.38. The Morgan fingerprint density at radius 2 is 2.03 bits per heavy atom. The molecule has 170 valence electrons. The molecule has 1 atom stereocenters. The summed E-state index contributed by atoms with van der Waals surface area (Å²) in [5, 5.41) is 7.25. The summed E-state index contributed by atoms with van der Waals surface area (Å²) in [6.07, 6.45) is -2.47. The van der Waals surface area contributed by atoms with Crippen LogP contribution in [-0.4, -0.2) is 32.6 Å². The van der Waals surface area contributed by atoms with E-state index >= 15 is 0 Å². The van der Waals surface area contributed by atoms with Crippen LogP contribution in [0.5, 0.6) is 0 Å². The van der Waals surface area contributed by atoms with E-state index in [1.54, 1.807) is 12.2 Å². The number of halogens is 4. The van der Waals surface area contributed by atoms with Gasteiger partial charge >= 0.3 is 6.18 Å². The Labute approximate surface area is 188 Å². The van der Waals surface area contributed by atoms with E-state index in [0.717, 1.165) is 24.7 Å². The van der Waals surface area contributed by atoms with E-state index in [9.17, 15) is 27.2 Å². The van der Waals surface area contributed by atoms with Crippen LogP contribution in [0.1, 0.15) is 38.7 Å². The molecular weight excluding hydrogens is 442 g/mol. The maximum absolute atomic E-state index is 14.2. The van der Waals surface area contributed by atoms with E-state index in [1.807, 2.05) is 5.10 Å². The number of aromatic nitrogens is 4. The van der Waals surface area contributed by atoms with Gasteiger partial charge < -0.3 is 5.32 Å². The van der Waals surface area contributed by atoms with Gasteiger partial charge in [-0.05, 0) is 48.4 Å². The van der Waals surface area contributed by atoms with Gasteiger partial charge in [-0.2, -0.15) is 18.3 Å². The number of alkyl halides is 3. The molecule has 0 saturated heterocycles. The fraction of sp³-hybridized carbons (Fsp3) is 0.182. The number of carbonyl (C=O) groups is 1. The molecule has 7 nitrogen and oxygen atoms in total. The quantitative estimate of drug-likeness (QED) is 0.450. The third-order valence-electron chi connectivity index (χ3n) is 5.21. The van der Waals surface area contributed by atoms with Gasteiger partial charge in [-0.15, -0.1) is 0 Å². The number of hydrogen-bond donors (Lipinski definition) is 2. The third kappa shape index (κ3) is 4.09.